The van der Waals surface area contributed by atoms with Gasteiger partial charge in [0.2, 0.25) is 0 Å². The highest BCUT2D eigenvalue weighted by molar-refractivity contribution is 7.17. The molecule has 0 amide bonds. The van der Waals surface area contributed by atoms with Gasteiger partial charge in [0.05, 0.1) is 5.92 Å². The standard InChI is InChI=1S/C13H16N2O2S/c1-3-15(8-9(2)13(16)17)12-10-5-7-18-11(10)4-6-14-12/h4-7,9H,3,8H2,1-2H3,(H,16,17). The monoisotopic (exact) mass is 264 g/mol. The third-order valence-corrected chi connectivity index (χ3v) is 3.84. The van der Waals surface area contributed by atoms with Gasteiger partial charge in [-0.25, -0.2) is 4.98 Å². The molecule has 0 saturated carbocycles. The van der Waals surface area contributed by atoms with Crippen LogP contribution in [-0.2, 0) is 4.79 Å². The predicted octanol–water partition coefficient (Wildman–Crippen LogP) is 2.84. The van der Waals surface area contributed by atoms with Crippen LogP contribution < -0.4 is 4.90 Å². The van der Waals surface area contributed by atoms with Crippen molar-refractivity contribution < 1.29 is 9.90 Å². The molecule has 0 bridgehead atoms. The van der Waals surface area contributed by atoms with Crippen molar-refractivity contribution in [3.05, 3.63) is 23.7 Å². The molecule has 0 saturated heterocycles. The second-order valence-corrected chi connectivity index (χ2v) is 5.19. The number of hydrogen-bond donors (Lipinski definition) is 1. The molecule has 1 unspecified atom stereocenters. The van der Waals surface area contributed by atoms with E-state index in [4.69, 9.17) is 5.11 Å². The Hall–Kier alpha value is -1.62. The number of carboxylic acid groups (broad SMARTS) is 1. The molecular formula is C13H16N2O2S. The highest BCUT2D eigenvalue weighted by Gasteiger charge is 2.18. The Balaban J connectivity index is 2.32. The minimum atomic E-state index is -0.772. The fraction of sp³-hybridized carbons (Fsp3) is 0.385. The molecule has 18 heavy (non-hydrogen) atoms. The normalized spacial score (nSPS) is 12.6. The van der Waals surface area contributed by atoms with Gasteiger partial charge in [0.15, 0.2) is 0 Å². The van der Waals surface area contributed by atoms with Crippen LogP contribution in [0.1, 0.15) is 13.8 Å². The molecule has 1 atom stereocenters. The van der Waals surface area contributed by atoms with Gasteiger partial charge in [0.1, 0.15) is 5.82 Å². The van der Waals surface area contributed by atoms with E-state index >= 15 is 0 Å². The van der Waals surface area contributed by atoms with Gasteiger partial charge in [-0.3, -0.25) is 4.79 Å². The maximum atomic E-state index is 11.0. The van der Waals surface area contributed by atoms with Crippen molar-refractivity contribution >= 4 is 33.2 Å². The minimum absolute atomic E-state index is 0.402. The Labute approximate surface area is 110 Å². The van der Waals surface area contributed by atoms with Gasteiger partial charge in [-0.05, 0) is 24.4 Å². The van der Waals surface area contributed by atoms with E-state index in [1.807, 2.05) is 29.3 Å². The number of aliphatic carboxylic acids is 1. The maximum absolute atomic E-state index is 11.0. The van der Waals surface area contributed by atoms with Crippen LogP contribution in [0.2, 0.25) is 0 Å². The number of nitrogens with zero attached hydrogens (tertiary/aromatic N) is 2. The Bertz CT molecular complexity index is 553. The number of thiophene rings is 1. The molecule has 2 rings (SSSR count). The van der Waals surface area contributed by atoms with Crippen molar-refractivity contribution in [2.24, 2.45) is 5.92 Å². The van der Waals surface area contributed by atoms with Crippen LogP contribution in [0, 0.1) is 5.92 Å². The van der Waals surface area contributed by atoms with Crippen molar-refractivity contribution in [2.75, 3.05) is 18.0 Å². The Morgan fingerprint density at radius 3 is 3.00 bits per heavy atom. The summed E-state index contributed by atoms with van der Waals surface area (Å²) in [5, 5.41) is 12.1. The first-order chi connectivity index (χ1) is 8.63. The van der Waals surface area contributed by atoms with E-state index in [0.29, 0.717) is 6.54 Å². The number of pyridine rings is 1. The zero-order chi connectivity index (χ0) is 13.1. The topological polar surface area (TPSA) is 53.4 Å². The van der Waals surface area contributed by atoms with E-state index < -0.39 is 11.9 Å². The zero-order valence-corrected chi connectivity index (χ0v) is 11.3. The van der Waals surface area contributed by atoms with Crippen LogP contribution in [0.15, 0.2) is 23.7 Å². The van der Waals surface area contributed by atoms with Crippen molar-refractivity contribution in [3.8, 4) is 0 Å². The summed E-state index contributed by atoms with van der Waals surface area (Å²) in [4.78, 5) is 17.4. The molecule has 0 aromatic carbocycles. The first-order valence-electron chi connectivity index (χ1n) is 5.93. The van der Waals surface area contributed by atoms with Gasteiger partial charge in [-0.15, -0.1) is 11.3 Å². The molecule has 0 radical (unpaired) electrons. The molecule has 0 aliphatic rings. The van der Waals surface area contributed by atoms with Gasteiger partial charge >= 0.3 is 5.97 Å². The molecular weight excluding hydrogens is 248 g/mol. The summed E-state index contributed by atoms with van der Waals surface area (Å²) in [6.45, 7) is 4.97. The highest BCUT2D eigenvalue weighted by atomic mass is 32.1. The molecule has 4 nitrogen and oxygen atoms in total. The average Bonchev–Trinajstić information content (AvgIpc) is 2.83. The summed E-state index contributed by atoms with van der Waals surface area (Å²) in [6.07, 6.45) is 1.78. The number of carboxylic acids is 1. The van der Waals surface area contributed by atoms with Crippen molar-refractivity contribution in [3.63, 3.8) is 0 Å². The molecule has 2 heterocycles. The first-order valence-corrected chi connectivity index (χ1v) is 6.81. The smallest absolute Gasteiger partial charge is 0.308 e. The molecule has 2 aromatic heterocycles. The quantitative estimate of drug-likeness (QED) is 0.902. The number of rotatable bonds is 5. The average molecular weight is 264 g/mol. The van der Waals surface area contributed by atoms with Gasteiger partial charge in [-0.1, -0.05) is 6.92 Å². The van der Waals surface area contributed by atoms with Crippen LogP contribution in [0.5, 0.6) is 0 Å². The second kappa shape index (κ2) is 5.35. The van der Waals surface area contributed by atoms with E-state index in [1.54, 1.807) is 24.5 Å². The van der Waals surface area contributed by atoms with Crippen LogP contribution in [-0.4, -0.2) is 29.1 Å². The molecule has 0 spiro atoms. The minimum Gasteiger partial charge on any atom is -0.481 e. The first kappa shape index (κ1) is 12.8. The SMILES string of the molecule is CCN(CC(C)C(=O)O)c1nccc2sccc12. The largest absolute Gasteiger partial charge is 0.481 e. The molecule has 96 valence electrons. The lowest BCUT2D eigenvalue weighted by atomic mass is 10.1. The summed E-state index contributed by atoms with van der Waals surface area (Å²) in [5.74, 6) is -0.295. The fourth-order valence-corrected chi connectivity index (χ4v) is 2.68. The highest BCUT2D eigenvalue weighted by Crippen LogP contribution is 2.28. The summed E-state index contributed by atoms with van der Waals surface area (Å²) in [5.41, 5.74) is 0. The molecule has 0 fully saturated rings. The number of hydrogen-bond acceptors (Lipinski definition) is 4. The van der Waals surface area contributed by atoms with Gasteiger partial charge in [0.25, 0.3) is 0 Å². The molecule has 2 aromatic rings. The lowest BCUT2D eigenvalue weighted by molar-refractivity contribution is -0.140. The van der Waals surface area contributed by atoms with Crippen molar-refractivity contribution in [1.82, 2.24) is 4.98 Å². The Morgan fingerprint density at radius 1 is 1.56 bits per heavy atom. The van der Waals surface area contributed by atoms with Crippen LogP contribution in [0.3, 0.4) is 0 Å². The van der Waals surface area contributed by atoms with Crippen LogP contribution in [0.4, 0.5) is 5.82 Å². The van der Waals surface area contributed by atoms with Gasteiger partial charge in [-0.2, -0.15) is 0 Å². The van der Waals surface area contributed by atoms with Crippen LogP contribution >= 0.6 is 11.3 Å². The van der Waals surface area contributed by atoms with Gasteiger partial charge in [0, 0.05) is 29.4 Å². The summed E-state index contributed by atoms with van der Waals surface area (Å²) < 4.78 is 1.18. The third kappa shape index (κ3) is 2.46. The Morgan fingerprint density at radius 2 is 2.33 bits per heavy atom. The summed E-state index contributed by atoms with van der Waals surface area (Å²) >= 11 is 1.67. The fourth-order valence-electron chi connectivity index (χ4n) is 1.91. The zero-order valence-electron chi connectivity index (χ0n) is 10.5. The number of fused-ring (bicyclic) bond motifs is 1. The van der Waals surface area contributed by atoms with Crippen molar-refractivity contribution in [2.45, 2.75) is 13.8 Å². The molecule has 0 aliphatic heterocycles. The van der Waals surface area contributed by atoms with E-state index in [9.17, 15) is 4.79 Å². The van der Waals surface area contributed by atoms with E-state index in [0.717, 1.165) is 17.7 Å². The summed E-state index contributed by atoms with van der Waals surface area (Å²) in [7, 11) is 0. The van der Waals surface area contributed by atoms with Gasteiger partial charge < -0.3 is 10.0 Å². The van der Waals surface area contributed by atoms with E-state index in [1.165, 1.54) is 4.70 Å². The van der Waals surface area contributed by atoms with E-state index in [-0.39, 0.29) is 0 Å². The molecule has 1 N–H and O–H groups in total. The Kier molecular flexibility index (Phi) is 3.81. The lowest BCUT2D eigenvalue weighted by Gasteiger charge is -2.24. The predicted molar refractivity (Wildman–Crippen MR) is 74.3 cm³/mol. The number of aromatic nitrogens is 1. The lowest BCUT2D eigenvalue weighted by Crippen LogP contribution is -2.32. The van der Waals surface area contributed by atoms with E-state index in [2.05, 4.69) is 4.98 Å². The third-order valence-electron chi connectivity index (χ3n) is 2.96. The summed E-state index contributed by atoms with van der Waals surface area (Å²) in [6, 6.07) is 4.02. The number of anilines is 1. The maximum Gasteiger partial charge on any atom is 0.308 e. The number of carbonyl (C=O) groups is 1. The molecule has 5 heteroatoms. The van der Waals surface area contributed by atoms with Crippen molar-refractivity contribution in [1.29, 1.82) is 0 Å². The van der Waals surface area contributed by atoms with Crippen LogP contribution in [0.25, 0.3) is 10.1 Å². The molecule has 0 aliphatic carbocycles. The second-order valence-electron chi connectivity index (χ2n) is 4.24.